The van der Waals surface area contributed by atoms with Gasteiger partial charge in [0.15, 0.2) is 0 Å². The molecule has 0 aromatic carbocycles. The lowest BCUT2D eigenvalue weighted by atomic mass is 9.91. The molecule has 1 aromatic rings. The zero-order chi connectivity index (χ0) is 20.9. The molecule has 3 heterocycles. The van der Waals surface area contributed by atoms with Crippen molar-refractivity contribution in [2.45, 2.75) is 66.0 Å². The van der Waals surface area contributed by atoms with Gasteiger partial charge < -0.3 is 4.90 Å². The van der Waals surface area contributed by atoms with Gasteiger partial charge in [-0.1, -0.05) is 26.8 Å². The number of rotatable bonds is 6. The van der Waals surface area contributed by atoms with Crippen molar-refractivity contribution in [2.75, 3.05) is 39.3 Å². The summed E-state index contributed by atoms with van der Waals surface area (Å²) in [7, 11) is 0. The largest absolute Gasteiger partial charge is 0.342 e. The molecular formula is C24H40N4O. The van der Waals surface area contributed by atoms with Gasteiger partial charge in [-0.25, -0.2) is 0 Å². The van der Waals surface area contributed by atoms with Crippen molar-refractivity contribution in [3.63, 3.8) is 0 Å². The Morgan fingerprint density at radius 2 is 1.97 bits per heavy atom. The van der Waals surface area contributed by atoms with Gasteiger partial charge in [-0.3, -0.25) is 19.6 Å². The van der Waals surface area contributed by atoms with E-state index in [-0.39, 0.29) is 11.3 Å². The number of hydrogen-bond acceptors (Lipinski definition) is 4. The zero-order valence-corrected chi connectivity index (χ0v) is 18.9. The van der Waals surface area contributed by atoms with E-state index in [0.29, 0.717) is 11.9 Å². The van der Waals surface area contributed by atoms with Crippen LogP contribution in [0.2, 0.25) is 0 Å². The van der Waals surface area contributed by atoms with Crippen LogP contribution in [-0.2, 0) is 11.3 Å². The molecule has 0 unspecified atom stereocenters. The van der Waals surface area contributed by atoms with E-state index in [0.717, 1.165) is 58.7 Å². The van der Waals surface area contributed by atoms with Crippen molar-refractivity contribution >= 4 is 5.91 Å². The average molecular weight is 401 g/mol. The Labute approximate surface area is 177 Å². The molecule has 0 radical (unpaired) electrons. The zero-order valence-electron chi connectivity index (χ0n) is 18.9. The Bertz CT molecular complexity index is 634. The van der Waals surface area contributed by atoms with Crippen LogP contribution in [0.25, 0.3) is 0 Å². The van der Waals surface area contributed by atoms with E-state index in [1.165, 1.54) is 18.4 Å². The quantitative estimate of drug-likeness (QED) is 0.731. The molecular weight excluding hydrogens is 360 g/mol. The van der Waals surface area contributed by atoms with E-state index in [1.54, 1.807) is 0 Å². The van der Waals surface area contributed by atoms with E-state index >= 15 is 0 Å². The lowest BCUT2D eigenvalue weighted by Gasteiger charge is -2.43. The second kappa shape index (κ2) is 10.0. The predicted molar refractivity (Wildman–Crippen MR) is 119 cm³/mol. The molecule has 1 amide bonds. The van der Waals surface area contributed by atoms with Crippen molar-refractivity contribution in [3.8, 4) is 0 Å². The monoisotopic (exact) mass is 400 g/mol. The molecule has 0 spiro atoms. The second-order valence-electron chi connectivity index (χ2n) is 10.1. The number of amides is 1. The van der Waals surface area contributed by atoms with Crippen molar-refractivity contribution in [3.05, 3.63) is 30.1 Å². The van der Waals surface area contributed by atoms with Crippen LogP contribution in [0.4, 0.5) is 0 Å². The minimum atomic E-state index is 0.154. The topological polar surface area (TPSA) is 39.7 Å². The first-order chi connectivity index (χ1) is 13.9. The molecule has 0 saturated carbocycles. The number of aromatic nitrogens is 1. The maximum absolute atomic E-state index is 13.2. The molecule has 5 heteroatoms. The molecule has 29 heavy (non-hydrogen) atoms. The van der Waals surface area contributed by atoms with Gasteiger partial charge in [-0.15, -0.1) is 0 Å². The highest BCUT2D eigenvalue weighted by atomic mass is 16.2. The number of pyridine rings is 1. The molecule has 2 saturated heterocycles. The third-order valence-corrected chi connectivity index (χ3v) is 6.36. The Kier molecular flexibility index (Phi) is 7.69. The summed E-state index contributed by atoms with van der Waals surface area (Å²) in [5.74, 6) is 0.556. The van der Waals surface area contributed by atoms with Crippen molar-refractivity contribution in [1.82, 2.24) is 19.7 Å². The SMILES string of the molecule is CCN(CC(C)(C)C)C(=O)[C@@H]1CCCN(C2CCN(Cc3cccnc3)CC2)C1. The number of carbonyl (C=O) groups excluding carboxylic acids is 1. The fourth-order valence-corrected chi connectivity index (χ4v) is 4.91. The van der Waals surface area contributed by atoms with Crippen molar-refractivity contribution in [2.24, 2.45) is 11.3 Å². The molecule has 5 nitrogen and oxygen atoms in total. The summed E-state index contributed by atoms with van der Waals surface area (Å²) in [5, 5.41) is 0. The van der Waals surface area contributed by atoms with Crippen LogP contribution < -0.4 is 0 Å². The highest BCUT2D eigenvalue weighted by Gasteiger charge is 2.34. The Morgan fingerprint density at radius 3 is 2.59 bits per heavy atom. The number of nitrogens with zero attached hydrogens (tertiary/aromatic N) is 4. The molecule has 0 N–H and O–H groups in total. The standard InChI is InChI=1S/C24H40N4O/c1-5-27(19-24(2,3)4)23(29)21-9-7-13-28(18-21)22-10-14-26(15-11-22)17-20-8-6-12-25-16-20/h6,8,12,16,21-22H,5,7,9-11,13-15,17-19H2,1-4H3/t21-/m1/s1. The molecule has 2 aliphatic heterocycles. The third-order valence-electron chi connectivity index (χ3n) is 6.36. The number of hydrogen-bond donors (Lipinski definition) is 0. The predicted octanol–water partition coefficient (Wildman–Crippen LogP) is 3.65. The fraction of sp³-hybridized carbons (Fsp3) is 0.750. The number of piperidine rings is 2. The van der Waals surface area contributed by atoms with Gasteiger partial charge in [0.05, 0.1) is 5.92 Å². The maximum Gasteiger partial charge on any atom is 0.226 e. The first-order valence-corrected chi connectivity index (χ1v) is 11.5. The molecule has 2 aliphatic rings. The third kappa shape index (κ3) is 6.51. The summed E-state index contributed by atoms with van der Waals surface area (Å²) in [6.45, 7) is 15.8. The summed E-state index contributed by atoms with van der Waals surface area (Å²) in [5.41, 5.74) is 1.45. The summed E-state index contributed by atoms with van der Waals surface area (Å²) in [4.78, 5) is 24.7. The van der Waals surface area contributed by atoms with Gasteiger partial charge in [-0.05, 0) is 69.3 Å². The highest BCUT2D eigenvalue weighted by Crippen LogP contribution is 2.26. The number of carbonyl (C=O) groups is 1. The van der Waals surface area contributed by atoms with Gasteiger partial charge >= 0.3 is 0 Å². The first-order valence-electron chi connectivity index (χ1n) is 11.5. The van der Waals surface area contributed by atoms with Gasteiger partial charge in [0, 0.05) is 44.6 Å². The van der Waals surface area contributed by atoms with E-state index in [1.807, 2.05) is 18.5 Å². The van der Waals surface area contributed by atoms with Crippen LogP contribution in [0.15, 0.2) is 24.5 Å². The van der Waals surface area contributed by atoms with Gasteiger partial charge in [-0.2, -0.15) is 0 Å². The minimum Gasteiger partial charge on any atom is -0.342 e. The first kappa shape index (κ1) is 22.2. The highest BCUT2D eigenvalue weighted by molar-refractivity contribution is 5.79. The molecule has 1 atom stereocenters. The molecule has 2 fully saturated rings. The maximum atomic E-state index is 13.2. The van der Waals surface area contributed by atoms with Crippen molar-refractivity contribution < 1.29 is 4.79 Å². The van der Waals surface area contributed by atoms with Crippen LogP contribution in [0.5, 0.6) is 0 Å². The second-order valence-corrected chi connectivity index (χ2v) is 10.1. The Hall–Kier alpha value is -1.46. The van der Waals surface area contributed by atoms with E-state index in [9.17, 15) is 4.79 Å². The average Bonchev–Trinajstić information content (AvgIpc) is 2.72. The minimum absolute atomic E-state index is 0.154. The molecule has 0 aliphatic carbocycles. The van der Waals surface area contributed by atoms with Gasteiger partial charge in [0.25, 0.3) is 0 Å². The van der Waals surface area contributed by atoms with E-state index in [2.05, 4.69) is 53.4 Å². The Balaban J connectivity index is 1.50. The molecule has 162 valence electrons. The lowest BCUT2D eigenvalue weighted by molar-refractivity contribution is -0.139. The van der Waals surface area contributed by atoms with E-state index in [4.69, 9.17) is 0 Å². The van der Waals surface area contributed by atoms with Crippen LogP contribution in [0, 0.1) is 11.3 Å². The normalized spacial score (nSPS) is 22.6. The fourth-order valence-electron chi connectivity index (χ4n) is 4.91. The number of likely N-dealkylation sites (tertiary alicyclic amines) is 2. The summed E-state index contributed by atoms with van der Waals surface area (Å²) >= 11 is 0. The van der Waals surface area contributed by atoms with Gasteiger partial charge in [0.1, 0.15) is 0 Å². The smallest absolute Gasteiger partial charge is 0.226 e. The molecule has 1 aromatic heterocycles. The van der Waals surface area contributed by atoms with Crippen LogP contribution in [0.1, 0.15) is 58.9 Å². The van der Waals surface area contributed by atoms with Crippen LogP contribution >= 0.6 is 0 Å². The summed E-state index contributed by atoms with van der Waals surface area (Å²) in [6.07, 6.45) is 8.44. The van der Waals surface area contributed by atoms with Crippen LogP contribution in [0.3, 0.4) is 0 Å². The summed E-state index contributed by atoms with van der Waals surface area (Å²) in [6, 6.07) is 4.82. The van der Waals surface area contributed by atoms with Crippen LogP contribution in [-0.4, -0.2) is 70.9 Å². The molecule has 0 bridgehead atoms. The van der Waals surface area contributed by atoms with E-state index < -0.39 is 0 Å². The summed E-state index contributed by atoms with van der Waals surface area (Å²) < 4.78 is 0. The lowest BCUT2D eigenvalue weighted by Crippen LogP contribution is -2.51. The molecule has 3 rings (SSSR count). The Morgan fingerprint density at radius 1 is 1.21 bits per heavy atom. The van der Waals surface area contributed by atoms with Gasteiger partial charge in [0.2, 0.25) is 5.91 Å². The van der Waals surface area contributed by atoms with Crippen molar-refractivity contribution in [1.29, 1.82) is 0 Å².